The number of carbonyl (C=O) groups is 2. The van der Waals surface area contributed by atoms with Gasteiger partial charge < -0.3 is 24.6 Å². The minimum absolute atomic E-state index is 0.0296. The molecule has 2 amide bonds. The lowest BCUT2D eigenvalue weighted by molar-refractivity contribution is -0.155. The molecule has 0 unspecified atom stereocenters. The molecule has 10 heteroatoms. The minimum Gasteiger partial charge on any atom is -0.503 e. The smallest absolute Gasteiger partial charge is 0.276 e. The van der Waals surface area contributed by atoms with E-state index in [2.05, 4.69) is 5.32 Å². The van der Waals surface area contributed by atoms with Crippen molar-refractivity contribution in [3.8, 4) is 5.75 Å². The Morgan fingerprint density at radius 2 is 1.97 bits per heavy atom. The van der Waals surface area contributed by atoms with Crippen molar-refractivity contribution in [2.45, 2.75) is 51.2 Å². The van der Waals surface area contributed by atoms with E-state index in [9.17, 15) is 28.3 Å². The fraction of sp³-hybridized carbons (Fsp3) is 0.409. The van der Waals surface area contributed by atoms with Gasteiger partial charge in [0.25, 0.3) is 11.8 Å². The third-order valence-electron chi connectivity index (χ3n) is 6.72. The molecule has 1 saturated carbocycles. The Bertz CT molecular complexity index is 1180. The number of aromatic hydroxyl groups is 1. The molecule has 2 aliphatic heterocycles. The number of amides is 2. The molecule has 1 aromatic carbocycles. The molecule has 2 bridgehead atoms. The molecule has 5 rings (SSSR count). The Morgan fingerprint density at radius 3 is 2.69 bits per heavy atom. The van der Waals surface area contributed by atoms with Crippen molar-refractivity contribution >= 4 is 11.8 Å². The first kappa shape index (κ1) is 20.6. The molecule has 4 atom stereocenters. The first-order chi connectivity index (χ1) is 15.3. The SMILES string of the molecule is C[C@H]1[C@@H]2CC[C@H]1N1C(=O)c3c(O)c(=O)c(C(=O)NCc4c(F)cccc4F)cn3C[C@@H]1O2. The number of rotatable bonds is 3. The maximum absolute atomic E-state index is 13.8. The highest BCUT2D eigenvalue weighted by molar-refractivity contribution is 5.99. The van der Waals surface area contributed by atoms with Crippen molar-refractivity contribution < 1.29 is 28.2 Å². The van der Waals surface area contributed by atoms with Gasteiger partial charge in [0.05, 0.1) is 12.6 Å². The summed E-state index contributed by atoms with van der Waals surface area (Å²) < 4.78 is 35.0. The highest BCUT2D eigenvalue weighted by Crippen LogP contribution is 2.42. The molecule has 0 radical (unpaired) electrons. The molecule has 1 aromatic heterocycles. The number of nitrogens with zero attached hydrogens (tertiary/aromatic N) is 2. The van der Waals surface area contributed by atoms with Crippen LogP contribution in [0.1, 0.15) is 46.2 Å². The lowest BCUT2D eigenvalue weighted by Gasteiger charge is -2.47. The molecule has 3 aliphatic rings. The van der Waals surface area contributed by atoms with Gasteiger partial charge in [0.15, 0.2) is 17.7 Å². The lowest BCUT2D eigenvalue weighted by Crippen LogP contribution is -2.59. The largest absolute Gasteiger partial charge is 0.503 e. The Labute approximate surface area is 181 Å². The van der Waals surface area contributed by atoms with E-state index >= 15 is 0 Å². The first-order valence-corrected chi connectivity index (χ1v) is 10.4. The average molecular weight is 445 g/mol. The zero-order valence-corrected chi connectivity index (χ0v) is 17.2. The monoisotopic (exact) mass is 445 g/mol. The third-order valence-corrected chi connectivity index (χ3v) is 6.72. The van der Waals surface area contributed by atoms with Crippen molar-refractivity contribution in [1.82, 2.24) is 14.8 Å². The number of halogens is 2. The highest BCUT2D eigenvalue weighted by atomic mass is 19.1. The van der Waals surface area contributed by atoms with E-state index in [1.165, 1.54) is 16.8 Å². The summed E-state index contributed by atoms with van der Waals surface area (Å²) in [4.78, 5) is 40.0. The number of nitrogens with one attached hydrogen (secondary N) is 1. The normalized spacial score (nSPS) is 26.0. The van der Waals surface area contributed by atoms with Gasteiger partial charge in [-0.1, -0.05) is 13.0 Å². The van der Waals surface area contributed by atoms with Crippen molar-refractivity contribution in [3.05, 3.63) is 63.1 Å². The number of hydrogen-bond donors (Lipinski definition) is 2. The van der Waals surface area contributed by atoms with Crippen LogP contribution in [0.5, 0.6) is 5.75 Å². The second kappa shape index (κ2) is 7.40. The standard InChI is InChI=1S/C22H21F2N3O5/c1-10-15-5-6-16(10)32-17-9-26-8-12(19(28)20(29)18(26)22(31)27(15)17)21(30)25-7-11-13(23)3-2-4-14(11)24/h2-4,8,10,15-17,29H,5-7,9H2,1H3,(H,25,30)/t10-,15-,16+,17+/m1/s1. The molecule has 2 aromatic rings. The van der Waals surface area contributed by atoms with Crippen LogP contribution >= 0.6 is 0 Å². The van der Waals surface area contributed by atoms with Gasteiger partial charge in [0.1, 0.15) is 17.2 Å². The molecule has 3 heterocycles. The summed E-state index contributed by atoms with van der Waals surface area (Å²) in [5, 5.41) is 12.8. The summed E-state index contributed by atoms with van der Waals surface area (Å²) in [5.41, 5.74) is -2.00. The van der Waals surface area contributed by atoms with Crippen molar-refractivity contribution in [1.29, 1.82) is 0 Å². The number of hydrogen-bond acceptors (Lipinski definition) is 5. The van der Waals surface area contributed by atoms with E-state index < -0.39 is 53.0 Å². The van der Waals surface area contributed by atoms with Crippen LogP contribution in [-0.4, -0.2) is 44.8 Å². The van der Waals surface area contributed by atoms with Crippen molar-refractivity contribution in [3.63, 3.8) is 0 Å². The van der Waals surface area contributed by atoms with Gasteiger partial charge >= 0.3 is 0 Å². The predicted molar refractivity (Wildman–Crippen MR) is 107 cm³/mol. The Hall–Kier alpha value is -3.27. The van der Waals surface area contributed by atoms with Crippen LogP contribution in [0.2, 0.25) is 0 Å². The second-order valence-electron chi connectivity index (χ2n) is 8.45. The number of carbonyl (C=O) groups excluding carboxylic acids is 2. The zero-order valence-electron chi connectivity index (χ0n) is 17.2. The summed E-state index contributed by atoms with van der Waals surface area (Å²) in [6, 6.07) is 3.28. The highest BCUT2D eigenvalue weighted by Gasteiger charge is 2.51. The Morgan fingerprint density at radius 1 is 1.25 bits per heavy atom. The number of pyridine rings is 1. The molecule has 2 fully saturated rings. The van der Waals surface area contributed by atoms with Gasteiger partial charge in [-0.2, -0.15) is 0 Å². The van der Waals surface area contributed by atoms with Crippen LogP contribution < -0.4 is 10.7 Å². The van der Waals surface area contributed by atoms with Gasteiger partial charge in [-0.25, -0.2) is 8.78 Å². The van der Waals surface area contributed by atoms with E-state index in [1.807, 2.05) is 6.92 Å². The summed E-state index contributed by atoms with van der Waals surface area (Å²) in [7, 11) is 0. The number of aromatic nitrogens is 1. The summed E-state index contributed by atoms with van der Waals surface area (Å²) >= 11 is 0. The van der Waals surface area contributed by atoms with Crippen LogP contribution in [0.15, 0.2) is 29.2 Å². The lowest BCUT2D eigenvalue weighted by atomic mass is 9.98. The maximum Gasteiger partial charge on any atom is 0.276 e. The van der Waals surface area contributed by atoms with Crippen LogP contribution in [0.3, 0.4) is 0 Å². The summed E-state index contributed by atoms with van der Waals surface area (Å²) in [5.74, 6) is -3.78. The van der Waals surface area contributed by atoms with E-state index in [0.29, 0.717) is 0 Å². The summed E-state index contributed by atoms with van der Waals surface area (Å²) in [6.45, 7) is 1.68. The molecular formula is C22H21F2N3O5. The summed E-state index contributed by atoms with van der Waals surface area (Å²) in [6.07, 6.45) is 2.26. The van der Waals surface area contributed by atoms with Gasteiger partial charge in [-0.15, -0.1) is 0 Å². The number of ether oxygens (including phenoxy) is 1. The van der Waals surface area contributed by atoms with E-state index in [-0.39, 0.29) is 35.9 Å². The van der Waals surface area contributed by atoms with Gasteiger partial charge in [0.2, 0.25) is 5.43 Å². The topological polar surface area (TPSA) is 101 Å². The van der Waals surface area contributed by atoms with E-state index in [1.54, 1.807) is 4.90 Å². The molecule has 168 valence electrons. The molecule has 8 nitrogen and oxygen atoms in total. The predicted octanol–water partition coefficient (Wildman–Crippen LogP) is 1.74. The van der Waals surface area contributed by atoms with Crippen LogP contribution in [0.25, 0.3) is 0 Å². The fourth-order valence-electron chi connectivity index (χ4n) is 5.02. The van der Waals surface area contributed by atoms with Crippen molar-refractivity contribution in [2.24, 2.45) is 5.92 Å². The van der Waals surface area contributed by atoms with E-state index in [0.717, 1.165) is 25.0 Å². The Kier molecular flexibility index (Phi) is 4.77. The Balaban J connectivity index is 1.45. The molecule has 1 aliphatic carbocycles. The molecule has 1 saturated heterocycles. The van der Waals surface area contributed by atoms with Gasteiger partial charge in [0, 0.05) is 30.3 Å². The fourth-order valence-corrected chi connectivity index (χ4v) is 5.02. The maximum atomic E-state index is 13.8. The first-order valence-electron chi connectivity index (χ1n) is 10.4. The second-order valence-corrected chi connectivity index (χ2v) is 8.45. The van der Waals surface area contributed by atoms with Crippen LogP contribution in [0, 0.1) is 17.6 Å². The van der Waals surface area contributed by atoms with E-state index in [4.69, 9.17) is 4.74 Å². The third kappa shape index (κ3) is 3.01. The van der Waals surface area contributed by atoms with Gasteiger partial charge in [-0.05, 0) is 25.0 Å². The van der Waals surface area contributed by atoms with Crippen LogP contribution in [0.4, 0.5) is 8.78 Å². The minimum atomic E-state index is -1.02. The molecular weight excluding hydrogens is 424 g/mol. The molecule has 32 heavy (non-hydrogen) atoms. The number of benzene rings is 1. The molecule has 0 spiro atoms. The zero-order chi connectivity index (χ0) is 22.7. The molecule has 2 N–H and O–H groups in total. The quantitative estimate of drug-likeness (QED) is 0.750. The van der Waals surface area contributed by atoms with Gasteiger partial charge in [-0.3, -0.25) is 14.4 Å². The number of fused-ring (bicyclic) bond motifs is 5. The van der Waals surface area contributed by atoms with Crippen LogP contribution in [-0.2, 0) is 17.8 Å². The van der Waals surface area contributed by atoms with Crippen molar-refractivity contribution in [2.75, 3.05) is 0 Å². The average Bonchev–Trinajstić information content (AvgIpc) is 2.98.